The molecule has 4 unspecified atom stereocenters. The van der Waals surface area contributed by atoms with Crippen molar-refractivity contribution in [3.05, 3.63) is 48.6 Å². The third-order valence-corrected chi connectivity index (χ3v) is 11.3. The fraction of sp³-hybridized carbons (Fsp3) is 0.796. The Bertz CT molecular complexity index is 1300. The van der Waals surface area contributed by atoms with Crippen molar-refractivity contribution in [2.45, 2.75) is 223 Å². The van der Waals surface area contributed by atoms with E-state index in [9.17, 15) is 45.3 Å². The van der Waals surface area contributed by atoms with Gasteiger partial charge in [0.1, 0.15) is 55.4 Å². The number of allylic oxidation sites excluding steroid dienone is 8. The molecule has 0 aromatic heterocycles. The van der Waals surface area contributed by atoms with Gasteiger partial charge in [0.15, 0.2) is 18.7 Å². The maximum atomic E-state index is 12.9. The van der Waals surface area contributed by atoms with E-state index < -0.39 is 99.3 Å². The highest BCUT2D eigenvalue weighted by molar-refractivity contribution is 5.70. The molecule has 0 bridgehead atoms. The number of unbranched alkanes of at least 4 members (excludes halogenated alkanes) is 14. The summed E-state index contributed by atoms with van der Waals surface area (Å²) < 4.78 is 33.5. The number of ether oxygens (including phenoxy) is 6. The largest absolute Gasteiger partial charge is 0.462 e. The first-order chi connectivity index (χ1) is 31.0. The summed E-state index contributed by atoms with van der Waals surface area (Å²) in [5.41, 5.74) is 0. The quantitative estimate of drug-likeness (QED) is 0.0220. The van der Waals surface area contributed by atoms with Gasteiger partial charge in [-0.1, -0.05) is 140 Å². The lowest BCUT2D eigenvalue weighted by Gasteiger charge is -2.42. The van der Waals surface area contributed by atoms with Crippen LogP contribution >= 0.6 is 0 Å². The van der Waals surface area contributed by atoms with E-state index in [4.69, 9.17) is 28.4 Å². The molecule has 2 fully saturated rings. The predicted molar refractivity (Wildman–Crippen MR) is 243 cm³/mol. The summed E-state index contributed by atoms with van der Waals surface area (Å²) in [5, 5.41) is 71.9. The molecule has 0 aliphatic carbocycles. The zero-order valence-electron chi connectivity index (χ0n) is 38.8. The van der Waals surface area contributed by atoms with Gasteiger partial charge in [0.05, 0.1) is 19.8 Å². The Morgan fingerprint density at radius 1 is 0.500 bits per heavy atom. The van der Waals surface area contributed by atoms with Crippen LogP contribution in [0.3, 0.4) is 0 Å². The maximum Gasteiger partial charge on any atom is 0.306 e. The molecule has 7 N–H and O–H groups in total. The van der Waals surface area contributed by atoms with Crippen LogP contribution in [0, 0.1) is 0 Å². The minimum absolute atomic E-state index is 0.158. The van der Waals surface area contributed by atoms with Gasteiger partial charge in [-0.2, -0.15) is 0 Å². The molecule has 2 heterocycles. The molecule has 0 aromatic rings. The second-order valence-electron chi connectivity index (χ2n) is 16.9. The monoisotopic (exact) mass is 913 g/mol. The molecule has 2 aliphatic heterocycles. The average molecular weight is 913 g/mol. The Labute approximate surface area is 382 Å². The molecule has 0 radical (unpaired) electrons. The summed E-state index contributed by atoms with van der Waals surface area (Å²) in [7, 11) is 0. The highest BCUT2D eigenvalue weighted by Gasteiger charge is 2.47. The summed E-state index contributed by atoms with van der Waals surface area (Å²) >= 11 is 0. The Morgan fingerprint density at radius 3 is 1.53 bits per heavy atom. The minimum atomic E-state index is -1.77. The van der Waals surface area contributed by atoms with E-state index in [2.05, 4.69) is 62.5 Å². The van der Waals surface area contributed by atoms with Gasteiger partial charge in [0.2, 0.25) is 0 Å². The van der Waals surface area contributed by atoms with Gasteiger partial charge in [-0.05, 0) is 51.4 Å². The van der Waals surface area contributed by atoms with Gasteiger partial charge in [-0.25, -0.2) is 0 Å². The van der Waals surface area contributed by atoms with Crippen LogP contribution in [0.2, 0.25) is 0 Å². The van der Waals surface area contributed by atoms with Gasteiger partial charge in [0, 0.05) is 12.8 Å². The zero-order chi connectivity index (χ0) is 46.8. The van der Waals surface area contributed by atoms with Gasteiger partial charge in [0.25, 0.3) is 0 Å². The second kappa shape index (κ2) is 36.6. The topological polar surface area (TPSA) is 231 Å². The first kappa shape index (κ1) is 57.6. The molecule has 0 aromatic carbocycles. The number of hydrogen-bond acceptors (Lipinski definition) is 15. The Morgan fingerprint density at radius 2 is 0.969 bits per heavy atom. The Kier molecular flexibility index (Phi) is 32.9. The molecule has 11 atom stereocenters. The van der Waals surface area contributed by atoms with Crippen molar-refractivity contribution in [2.24, 2.45) is 0 Å². The summed E-state index contributed by atoms with van der Waals surface area (Å²) in [6.45, 7) is 2.46. The fourth-order valence-electron chi connectivity index (χ4n) is 7.27. The standard InChI is InChI=1S/C49H84O15/c1-3-5-7-9-11-13-15-16-17-18-19-20-22-23-25-27-29-31-40(51)59-34-37(62-41(52)32-30-28-26-24-21-14-12-10-8-6-4-2)35-60-48-47(58)45(56)43(54)39(64-48)36-61-49-46(57)44(55)42(53)38(33-50)63-49/h7,9,13,15,17-18,20,22,37-39,42-50,53-58H,3-6,8,10-12,14,16,19,21,23-36H2,1-2H3/b9-7+,15-13+,18-17+,22-20+/t37-,38+,39+,42-,43-,44?,45?,46?,47?,48+,49+/m0/s1. The Hall–Kier alpha value is -2.54. The fourth-order valence-corrected chi connectivity index (χ4v) is 7.27. The smallest absolute Gasteiger partial charge is 0.306 e. The summed E-state index contributed by atoms with van der Waals surface area (Å²) in [5.74, 6) is -0.964. The number of carbonyl (C=O) groups is 2. The van der Waals surface area contributed by atoms with Crippen molar-refractivity contribution in [1.29, 1.82) is 0 Å². The lowest BCUT2D eigenvalue weighted by atomic mass is 9.98. The molecular formula is C49H84O15. The zero-order valence-corrected chi connectivity index (χ0v) is 38.8. The lowest BCUT2D eigenvalue weighted by molar-refractivity contribution is -0.332. The normalized spacial score (nSPS) is 27.0. The number of hydrogen-bond donors (Lipinski definition) is 7. The highest BCUT2D eigenvalue weighted by Crippen LogP contribution is 2.26. The van der Waals surface area contributed by atoms with E-state index in [0.717, 1.165) is 64.2 Å². The number of aliphatic hydroxyl groups is 7. The molecule has 370 valence electrons. The van der Waals surface area contributed by atoms with Crippen LogP contribution in [0.15, 0.2) is 48.6 Å². The van der Waals surface area contributed by atoms with E-state index in [1.54, 1.807) is 0 Å². The number of aliphatic hydroxyl groups excluding tert-OH is 7. The summed E-state index contributed by atoms with van der Waals surface area (Å²) in [6.07, 6.45) is 21.5. The minimum Gasteiger partial charge on any atom is -0.462 e. The van der Waals surface area contributed by atoms with E-state index in [0.29, 0.717) is 12.8 Å². The summed E-state index contributed by atoms with van der Waals surface area (Å²) in [4.78, 5) is 25.7. The molecule has 0 amide bonds. The van der Waals surface area contributed by atoms with Gasteiger partial charge < -0.3 is 64.2 Å². The number of esters is 2. The van der Waals surface area contributed by atoms with Crippen LogP contribution < -0.4 is 0 Å². The highest BCUT2D eigenvalue weighted by atomic mass is 16.7. The average Bonchev–Trinajstić information content (AvgIpc) is 3.29. The third kappa shape index (κ3) is 24.8. The number of rotatable bonds is 36. The third-order valence-electron chi connectivity index (χ3n) is 11.3. The molecule has 2 aliphatic rings. The first-order valence-corrected chi connectivity index (χ1v) is 24.2. The van der Waals surface area contributed by atoms with Crippen LogP contribution in [-0.2, 0) is 38.0 Å². The van der Waals surface area contributed by atoms with E-state index >= 15 is 0 Å². The molecule has 15 heteroatoms. The van der Waals surface area contributed by atoms with E-state index in [1.807, 2.05) is 0 Å². The second-order valence-corrected chi connectivity index (χ2v) is 16.9. The van der Waals surface area contributed by atoms with Crippen LogP contribution in [-0.4, -0.2) is 142 Å². The van der Waals surface area contributed by atoms with Crippen LogP contribution in [0.25, 0.3) is 0 Å². The van der Waals surface area contributed by atoms with Crippen LogP contribution in [0.1, 0.15) is 155 Å². The van der Waals surface area contributed by atoms with Gasteiger partial charge in [-0.15, -0.1) is 0 Å². The molecule has 2 saturated heterocycles. The number of carbonyl (C=O) groups excluding carboxylic acids is 2. The van der Waals surface area contributed by atoms with Crippen molar-refractivity contribution < 1.29 is 73.8 Å². The molecule has 2 rings (SSSR count). The van der Waals surface area contributed by atoms with E-state index in [-0.39, 0.29) is 19.4 Å². The van der Waals surface area contributed by atoms with Gasteiger partial charge >= 0.3 is 11.9 Å². The van der Waals surface area contributed by atoms with Crippen molar-refractivity contribution in [2.75, 3.05) is 26.4 Å². The van der Waals surface area contributed by atoms with E-state index in [1.165, 1.54) is 51.4 Å². The Balaban J connectivity index is 1.84. The first-order valence-electron chi connectivity index (χ1n) is 24.2. The molecule has 0 spiro atoms. The van der Waals surface area contributed by atoms with Crippen molar-refractivity contribution in [3.8, 4) is 0 Å². The molecule has 0 saturated carbocycles. The molecule has 64 heavy (non-hydrogen) atoms. The van der Waals surface area contributed by atoms with Crippen molar-refractivity contribution >= 4 is 11.9 Å². The van der Waals surface area contributed by atoms with Crippen LogP contribution in [0.5, 0.6) is 0 Å². The van der Waals surface area contributed by atoms with Crippen molar-refractivity contribution in [3.63, 3.8) is 0 Å². The molecule has 15 nitrogen and oxygen atoms in total. The summed E-state index contributed by atoms with van der Waals surface area (Å²) in [6, 6.07) is 0. The predicted octanol–water partition coefficient (Wildman–Crippen LogP) is 5.93. The maximum absolute atomic E-state index is 12.9. The molecular weight excluding hydrogens is 829 g/mol. The lowest BCUT2D eigenvalue weighted by Crippen LogP contribution is -2.61. The van der Waals surface area contributed by atoms with Crippen molar-refractivity contribution in [1.82, 2.24) is 0 Å². The SMILES string of the molecule is CCC/C=C/C/C=C/C/C=C/C/C=C/CCCCCC(=O)OC[C@@H](CO[C@@H]1O[C@H](CO[C@@H]2O[C@H](CO)[C@H](O)C(O)C2O)[C@H](O)C(O)C1O)OC(=O)CCCCCCCCCCCCC. The van der Waals surface area contributed by atoms with Crippen LogP contribution in [0.4, 0.5) is 0 Å². The van der Waals surface area contributed by atoms with Gasteiger partial charge in [-0.3, -0.25) is 9.59 Å².